The Morgan fingerprint density at radius 1 is 1.56 bits per heavy atom. The van der Waals surface area contributed by atoms with Crippen molar-refractivity contribution >= 4 is 27.5 Å². The summed E-state index contributed by atoms with van der Waals surface area (Å²) < 4.78 is 12.1. The Bertz CT molecular complexity index is 411. The predicted molar refractivity (Wildman–Crippen MR) is 77.4 cm³/mol. The number of rotatable bonds is 4. The Morgan fingerprint density at radius 3 is 2.89 bits per heavy atom. The van der Waals surface area contributed by atoms with Crippen LogP contribution < -0.4 is 4.74 Å². The third-order valence-corrected chi connectivity index (χ3v) is 4.64. The molecule has 0 radical (unpaired) electrons. The zero-order chi connectivity index (χ0) is 13.1. The predicted octanol–water partition coefficient (Wildman–Crippen LogP) is 4.55. The first-order valence-electron chi connectivity index (χ1n) is 6.31. The standard InChI is InChI=1S/C14H18BrClO2/c1-3-17-10-4-5-12(13(15)8-10)14(16)11-6-7-18-9(11)2/h4-5,8-9,11,14H,3,6-7H2,1-2H3. The van der Waals surface area contributed by atoms with Crippen LogP contribution in [0.1, 0.15) is 31.2 Å². The highest BCUT2D eigenvalue weighted by Gasteiger charge is 2.32. The SMILES string of the molecule is CCOc1ccc(C(Cl)C2CCOC2C)c(Br)c1. The van der Waals surface area contributed by atoms with Gasteiger partial charge in [-0.05, 0) is 38.0 Å². The maximum absolute atomic E-state index is 6.59. The van der Waals surface area contributed by atoms with Crippen LogP contribution in [0.4, 0.5) is 0 Å². The molecule has 3 unspecified atom stereocenters. The normalized spacial score (nSPS) is 25.1. The van der Waals surface area contributed by atoms with E-state index in [0.29, 0.717) is 12.5 Å². The van der Waals surface area contributed by atoms with Gasteiger partial charge in [0.25, 0.3) is 0 Å². The van der Waals surface area contributed by atoms with Crippen molar-refractivity contribution in [3.8, 4) is 5.75 Å². The summed E-state index contributed by atoms with van der Waals surface area (Å²) >= 11 is 10.2. The van der Waals surface area contributed by atoms with Crippen molar-refractivity contribution in [3.63, 3.8) is 0 Å². The van der Waals surface area contributed by atoms with E-state index in [1.807, 2.05) is 25.1 Å². The van der Waals surface area contributed by atoms with E-state index in [9.17, 15) is 0 Å². The lowest BCUT2D eigenvalue weighted by molar-refractivity contribution is 0.105. The summed E-state index contributed by atoms with van der Waals surface area (Å²) in [5.74, 6) is 1.24. The van der Waals surface area contributed by atoms with Crippen molar-refractivity contribution in [1.29, 1.82) is 0 Å². The number of benzene rings is 1. The van der Waals surface area contributed by atoms with Crippen molar-refractivity contribution in [3.05, 3.63) is 28.2 Å². The van der Waals surface area contributed by atoms with Gasteiger partial charge in [-0.25, -0.2) is 0 Å². The molecule has 0 aromatic heterocycles. The van der Waals surface area contributed by atoms with Crippen molar-refractivity contribution in [1.82, 2.24) is 0 Å². The van der Waals surface area contributed by atoms with Crippen LogP contribution in [0.15, 0.2) is 22.7 Å². The number of ether oxygens (including phenoxy) is 2. The van der Waals surface area contributed by atoms with Crippen molar-refractivity contribution in [2.45, 2.75) is 31.7 Å². The zero-order valence-corrected chi connectivity index (χ0v) is 13.0. The van der Waals surface area contributed by atoms with Crippen LogP contribution in [0, 0.1) is 5.92 Å². The number of hydrogen-bond donors (Lipinski definition) is 0. The molecule has 1 heterocycles. The minimum atomic E-state index is -0.0208. The lowest BCUT2D eigenvalue weighted by atomic mass is 9.93. The second-order valence-electron chi connectivity index (χ2n) is 4.55. The highest BCUT2D eigenvalue weighted by molar-refractivity contribution is 9.10. The Labute approximate surface area is 122 Å². The average Bonchev–Trinajstić information content (AvgIpc) is 2.75. The summed E-state index contributed by atoms with van der Waals surface area (Å²) in [4.78, 5) is 0. The van der Waals surface area contributed by atoms with Crippen LogP contribution in [0.5, 0.6) is 5.75 Å². The van der Waals surface area contributed by atoms with Crippen molar-refractivity contribution in [2.24, 2.45) is 5.92 Å². The molecule has 18 heavy (non-hydrogen) atoms. The molecule has 1 aliphatic heterocycles. The lowest BCUT2D eigenvalue weighted by Gasteiger charge is -2.21. The van der Waals surface area contributed by atoms with E-state index < -0.39 is 0 Å². The van der Waals surface area contributed by atoms with E-state index in [4.69, 9.17) is 21.1 Å². The van der Waals surface area contributed by atoms with Crippen LogP contribution in [0.25, 0.3) is 0 Å². The van der Waals surface area contributed by atoms with E-state index in [1.54, 1.807) is 0 Å². The molecule has 1 aromatic rings. The molecule has 3 atom stereocenters. The highest BCUT2D eigenvalue weighted by atomic mass is 79.9. The van der Waals surface area contributed by atoms with Gasteiger partial charge in [0, 0.05) is 17.0 Å². The average molecular weight is 334 g/mol. The third kappa shape index (κ3) is 3.01. The molecule has 1 aromatic carbocycles. The summed E-state index contributed by atoms with van der Waals surface area (Å²) in [6.45, 7) is 5.55. The van der Waals surface area contributed by atoms with Gasteiger partial charge in [0.2, 0.25) is 0 Å². The van der Waals surface area contributed by atoms with E-state index in [0.717, 1.165) is 28.8 Å². The molecule has 2 nitrogen and oxygen atoms in total. The van der Waals surface area contributed by atoms with Crippen LogP contribution in [-0.4, -0.2) is 19.3 Å². The number of hydrogen-bond acceptors (Lipinski definition) is 2. The summed E-state index contributed by atoms with van der Waals surface area (Å²) in [5.41, 5.74) is 1.11. The van der Waals surface area contributed by atoms with Gasteiger partial charge >= 0.3 is 0 Å². The fraction of sp³-hybridized carbons (Fsp3) is 0.571. The molecule has 0 spiro atoms. The second kappa shape index (κ2) is 6.27. The summed E-state index contributed by atoms with van der Waals surface area (Å²) in [5, 5.41) is -0.0208. The van der Waals surface area contributed by atoms with E-state index in [-0.39, 0.29) is 11.5 Å². The first-order valence-corrected chi connectivity index (χ1v) is 7.54. The van der Waals surface area contributed by atoms with Gasteiger partial charge in [-0.3, -0.25) is 0 Å². The van der Waals surface area contributed by atoms with E-state index >= 15 is 0 Å². The Balaban J connectivity index is 2.17. The molecule has 1 aliphatic rings. The smallest absolute Gasteiger partial charge is 0.120 e. The minimum Gasteiger partial charge on any atom is -0.494 e. The summed E-state index contributed by atoms with van der Waals surface area (Å²) in [7, 11) is 0. The fourth-order valence-corrected chi connectivity index (χ4v) is 3.61. The second-order valence-corrected chi connectivity index (χ2v) is 5.87. The van der Waals surface area contributed by atoms with Crippen molar-refractivity contribution < 1.29 is 9.47 Å². The molecular formula is C14H18BrClO2. The first-order chi connectivity index (χ1) is 8.63. The first kappa shape index (κ1) is 14.2. The molecular weight excluding hydrogens is 316 g/mol. The highest BCUT2D eigenvalue weighted by Crippen LogP contribution is 2.41. The Morgan fingerprint density at radius 2 is 2.33 bits per heavy atom. The van der Waals surface area contributed by atoms with Crippen LogP contribution in [0.3, 0.4) is 0 Å². The maximum Gasteiger partial charge on any atom is 0.120 e. The molecule has 100 valence electrons. The third-order valence-electron chi connectivity index (χ3n) is 3.39. The van der Waals surface area contributed by atoms with Gasteiger partial charge in [-0.15, -0.1) is 11.6 Å². The number of alkyl halides is 1. The van der Waals surface area contributed by atoms with Crippen LogP contribution in [0.2, 0.25) is 0 Å². The molecule has 1 fully saturated rings. The summed E-state index contributed by atoms with van der Waals surface area (Å²) in [6, 6.07) is 5.99. The van der Waals surface area contributed by atoms with Gasteiger partial charge in [0.05, 0.1) is 18.1 Å². The van der Waals surface area contributed by atoms with Crippen molar-refractivity contribution in [2.75, 3.05) is 13.2 Å². The Hall–Kier alpha value is -0.250. The van der Waals surface area contributed by atoms with Gasteiger partial charge < -0.3 is 9.47 Å². The largest absolute Gasteiger partial charge is 0.494 e. The molecule has 0 amide bonds. The lowest BCUT2D eigenvalue weighted by Crippen LogP contribution is -2.16. The molecule has 2 rings (SSSR count). The zero-order valence-electron chi connectivity index (χ0n) is 10.7. The number of halogens is 2. The summed E-state index contributed by atoms with van der Waals surface area (Å²) in [6.07, 6.45) is 1.25. The van der Waals surface area contributed by atoms with E-state index in [2.05, 4.69) is 22.9 Å². The fourth-order valence-electron chi connectivity index (χ4n) is 2.35. The molecule has 1 saturated heterocycles. The van der Waals surface area contributed by atoms with Crippen LogP contribution >= 0.6 is 27.5 Å². The topological polar surface area (TPSA) is 18.5 Å². The quantitative estimate of drug-likeness (QED) is 0.752. The molecule has 0 bridgehead atoms. The van der Waals surface area contributed by atoms with Gasteiger partial charge in [0.15, 0.2) is 0 Å². The maximum atomic E-state index is 6.59. The van der Waals surface area contributed by atoms with Gasteiger partial charge in [0.1, 0.15) is 5.75 Å². The molecule has 0 aliphatic carbocycles. The van der Waals surface area contributed by atoms with Gasteiger partial charge in [-0.2, -0.15) is 0 Å². The van der Waals surface area contributed by atoms with Gasteiger partial charge in [-0.1, -0.05) is 22.0 Å². The molecule has 0 saturated carbocycles. The van der Waals surface area contributed by atoms with E-state index in [1.165, 1.54) is 0 Å². The molecule has 0 N–H and O–H groups in total. The van der Waals surface area contributed by atoms with Crippen LogP contribution in [-0.2, 0) is 4.74 Å². The monoisotopic (exact) mass is 332 g/mol. The Kier molecular flexibility index (Phi) is 4.93. The minimum absolute atomic E-state index is 0.0208. The molecule has 4 heteroatoms.